The Hall–Kier alpha value is -11.2. The van der Waals surface area contributed by atoms with Crippen LogP contribution in [0.2, 0.25) is 0 Å². The van der Waals surface area contributed by atoms with Gasteiger partial charge in [-0.2, -0.15) is 10.5 Å². The van der Waals surface area contributed by atoms with Crippen LogP contribution in [0.15, 0.2) is 255 Å². The fourth-order valence-electron chi connectivity index (χ4n) is 14.2. The van der Waals surface area contributed by atoms with Crippen molar-refractivity contribution < 1.29 is 0 Å². The molecule has 0 spiro atoms. The van der Waals surface area contributed by atoms with Gasteiger partial charge in [-0.05, 0) is 87.3 Å². The van der Waals surface area contributed by atoms with Crippen molar-refractivity contribution in [2.24, 2.45) is 0 Å². The second-order valence-electron chi connectivity index (χ2n) is 21.7. The number of para-hydroxylation sites is 6. The molecule has 0 bridgehead atoms. The number of aromatic nitrogens is 4. The molecule has 0 amide bonds. The highest BCUT2D eigenvalue weighted by Crippen LogP contribution is 2.51. The average Bonchev–Trinajstić information content (AvgIpc) is 2.74. The molecular weight excluding hydrogens is 1030 g/mol. The first-order valence-electron chi connectivity index (χ1n) is 28.0. The number of nitriles is 2. The van der Waals surface area contributed by atoms with E-state index < -0.39 is 0 Å². The Morgan fingerprint density at radius 2 is 0.687 bits per heavy atom. The Kier molecular flexibility index (Phi) is 9.42. The predicted octanol–water partition coefficient (Wildman–Crippen LogP) is 20.2. The van der Waals surface area contributed by atoms with Crippen molar-refractivity contribution in [3.8, 4) is 46.0 Å². The molecule has 0 N–H and O–H groups in total. The predicted molar refractivity (Wildman–Crippen MR) is 347 cm³/mol. The van der Waals surface area contributed by atoms with Gasteiger partial charge in [0.15, 0.2) is 0 Å². The first-order chi connectivity index (χ1) is 41.2. The third-order valence-electron chi connectivity index (χ3n) is 17.6. The molecule has 5 aromatic heterocycles. The van der Waals surface area contributed by atoms with Crippen molar-refractivity contribution in [2.75, 3.05) is 0 Å². The summed E-state index contributed by atoms with van der Waals surface area (Å²) in [4.78, 5) is 0. The number of thiophene rings is 1. The summed E-state index contributed by atoms with van der Waals surface area (Å²) in [6.07, 6.45) is 0. The fourth-order valence-corrected chi connectivity index (χ4v) is 15.5. The summed E-state index contributed by atoms with van der Waals surface area (Å²) in [6, 6.07) is 96.9. The maximum atomic E-state index is 12.6. The highest BCUT2D eigenvalue weighted by Gasteiger charge is 2.35. The molecular formula is C76H42N6S. The van der Waals surface area contributed by atoms with Crippen LogP contribution in [0.1, 0.15) is 11.1 Å². The summed E-state index contributed by atoms with van der Waals surface area (Å²) in [5, 5.41) is 40.7. The monoisotopic (exact) mass is 1070 g/mol. The largest absolute Gasteiger partial charge is 0.306 e. The number of rotatable bonds is 5. The minimum Gasteiger partial charge on any atom is -0.306 e. The first-order valence-corrected chi connectivity index (χ1v) is 28.8. The second-order valence-corrected chi connectivity index (χ2v) is 22.7. The van der Waals surface area contributed by atoms with Gasteiger partial charge in [0, 0.05) is 58.6 Å². The van der Waals surface area contributed by atoms with Crippen LogP contribution < -0.4 is 0 Å². The molecule has 0 saturated carbocycles. The average molecular weight is 1070 g/mol. The van der Waals surface area contributed by atoms with E-state index in [2.05, 4.69) is 285 Å². The van der Waals surface area contributed by atoms with Gasteiger partial charge in [-0.25, -0.2) is 0 Å². The number of nitrogens with zero attached hydrogens (tertiary/aromatic N) is 6. The molecule has 0 saturated heterocycles. The molecule has 0 atom stereocenters. The van der Waals surface area contributed by atoms with E-state index in [0.29, 0.717) is 11.4 Å². The van der Waals surface area contributed by atoms with Gasteiger partial charge < -0.3 is 18.3 Å². The second kappa shape index (κ2) is 17.1. The minimum absolute atomic E-state index is 0.271. The van der Waals surface area contributed by atoms with Gasteiger partial charge in [-0.15, -0.1) is 11.3 Å². The SMILES string of the molecule is N#Cc1c(C#N)c(-n2c3ccc(-c4cccc5c4ccc4ccccc45)cc3c3ccc4c5ccccc5sc4c32)c(-n2c3ccccc3c3ccccc32)c(-n2c3ccccc3c3ccccc32)c1-n1c2ccccc2c2ccccc21. The molecule has 18 aromatic rings. The molecule has 0 unspecified atom stereocenters. The lowest BCUT2D eigenvalue weighted by Crippen LogP contribution is -2.17. The topological polar surface area (TPSA) is 67.3 Å². The zero-order valence-electron chi connectivity index (χ0n) is 44.3. The summed E-state index contributed by atoms with van der Waals surface area (Å²) in [5.74, 6) is 0. The highest BCUT2D eigenvalue weighted by molar-refractivity contribution is 7.26. The van der Waals surface area contributed by atoms with Gasteiger partial charge in [-0.3, -0.25) is 0 Å². The summed E-state index contributed by atoms with van der Waals surface area (Å²) < 4.78 is 11.7. The van der Waals surface area contributed by atoms with Crippen LogP contribution in [0.3, 0.4) is 0 Å². The minimum atomic E-state index is 0.271. The number of fused-ring (bicyclic) bond motifs is 19. The van der Waals surface area contributed by atoms with Crippen LogP contribution in [0, 0.1) is 22.7 Å². The molecule has 0 fully saturated rings. The summed E-state index contributed by atoms with van der Waals surface area (Å²) in [5.41, 5.74) is 13.2. The Bertz CT molecular complexity index is 5820. The lowest BCUT2D eigenvalue weighted by atomic mass is 9.94. The van der Waals surface area contributed by atoms with E-state index >= 15 is 0 Å². The van der Waals surface area contributed by atoms with Crippen LogP contribution in [0.5, 0.6) is 0 Å². The van der Waals surface area contributed by atoms with Crippen molar-refractivity contribution in [3.63, 3.8) is 0 Å². The fraction of sp³-hybridized carbons (Fsp3) is 0. The zero-order chi connectivity index (χ0) is 54.6. The highest BCUT2D eigenvalue weighted by atomic mass is 32.1. The molecule has 6 nitrogen and oxygen atoms in total. The van der Waals surface area contributed by atoms with Crippen LogP contribution in [0.4, 0.5) is 0 Å². The van der Waals surface area contributed by atoms with E-state index in [1.165, 1.54) is 31.6 Å². The Labute approximate surface area is 478 Å². The Morgan fingerprint density at radius 1 is 0.277 bits per heavy atom. The number of benzene rings is 13. The third-order valence-corrected chi connectivity index (χ3v) is 18.8. The Morgan fingerprint density at radius 3 is 1.22 bits per heavy atom. The van der Waals surface area contributed by atoms with E-state index in [-0.39, 0.29) is 11.1 Å². The first kappa shape index (κ1) is 45.6. The molecule has 13 aromatic carbocycles. The van der Waals surface area contributed by atoms with Crippen molar-refractivity contribution >= 4 is 140 Å². The normalized spacial score (nSPS) is 12.1. The van der Waals surface area contributed by atoms with Gasteiger partial charge >= 0.3 is 0 Å². The van der Waals surface area contributed by atoms with E-state index in [1.807, 2.05) is 0 Å². The molecule has 0 aliphatic carbocycles. The van der Waals surface area contributed by atoms with E-state index in [4.69, 9.17) is 0 Å². The molecule has 0 aliphatic heterocycles. The number of hydrogen-bond acceptors (Lipinski definition) is 3. The van der Waals surface area contributed by atoms with Crippen molar-refractivity contribution in [2.45, 2.75) is 0 Å². The van der Waals surface area contributed by atoms with Crippen LogP contribution in [0.25, 0.3) is 163 Å². The van der Waals surface area contributed by atoms with Gasteiger partial charge in [0.1, 0.15) is 12.1 Å². The van der Waals surface area contributed by atoms with Crippen molar-refractivity contribution in [1.29, 1.82) is 10.5 Å². The maximum absolute atomic E-state index is 12.6. The van der Waals surface area contributed by atoms with Gasteiger partial charge in [0.05, 0.1) is 82.7 Å². The van der Waals surface area contributed by atoms with Crippen molar-refractivity contribution in [1.82, 2.24) is 18.3 Å². The molecule has 0 radical (unpaired) electrons. The van der Waals surface area contributed by atoms with Crippen LogP contribution >= 0.6 is 11.3 Å². The van der Waals surface area contributed by atoms with E-state index in [0.717, 1.165) is 120 Å². The lowest BCUT2D eigenvalue weighted by molar-refractivity contribution is 1.01. The number of hydrogen-bond donors (Lipinski definition) is 0. The smallest absolute Gasteiger partial charge is 0.103 e. The maximum Gasteiger partial charge on any atom is 0.103 e. The molecule has 7 heteroatoms. The Balaban J connectivity index is 1.12. The van der Waals surface area contributed by atoms with Gasteiger partial charge in [0.25, 0.3) is 0 Å². The molecule has 5 heterocycles. The van der Waals surface area contributed by atoms with Crippen LogP contribution in [-0.2, 0) is 0 Å². The molecule has 382 valence electrons. The van der Waals surface area contributed by atoms with Gasteiger partial charge in [0.2, 0.25) is 0 Å². The standard InChI is InChI=1S/C76H42N6S/c77-43-61-62(44-78)72(82-69-41-37-46(48-27-17-28-49-47-19-2-1-18-45(47)36-38-50(48)49)42-60(69)58-39-40-59-57-26-9-16-35-70(57)83-76(59)73(58)82)75(81-67-33-14-7-24-55(67)56-25-8-15-34-68(56)81)74(80-65-31-12-5-22-53(65)54-23-6-13-32-66(54)80)71(61)79-63-29-10-3-20-51(63)52-21-4-11-30-64(52)79/h1-42H. The summed E-state index contributed by atoms with van der Waals surface area (Å²) in [7, 11) is 0. The zero-order valence-corrected chi connectivity index (χ0v) is 45.2. The summed E-state index contributed by atoms with van der Waals surface area (Å²) >= 11 is 1.78. The molecule has 83 heavy (non-hydrogen) atoms. The lowest BCUT2D eigenvalue weighted by Gasteiger charge is -2.27. The van der Waals surface area contributed by atoms with Crippen molar-refractivity contribution in [3.05, 3.63) is 266 Å². The van der Waals surface area contributed by atoms with E-state index in [9.17, 15) is 10.5 Å². The molecule has 0 aliphatic rings. The van der Waals surface area contributed by atoms with E-state index in [1.54, 1.807) is 11.3 Å². The third kappa shape index (κ3) is 6.13. The van der Waals surface area contributed by atoms with Gasteiger partial charge in [-0.1, -0.05) is 200 Å². The quantitative estimate of drug-likeness (QED) is 0.161. The molecule has 18 rings (SSSR count). The summed E-state index contributed by atoms with van der Waals surface area (Å²) in [6.45, 7) is 0. The van der Waals surface area contributed by atoms with Crippen LogP contribution in [-0.4, -0.2) is 18.3 Å².